The molecule has 0 bridgehead atoms. The Morgan fingerprint density at radius 2 is 1.88 bits per heavy atom. The molecule has 0 saturated carbocycles. The van der Waals surface area contributed by atoms with Gasteiger partial charge in [-0.2, -0.15) is 0 Å². The summed E-state index contributed by atoms with van der Waals surface area (Å²) in [7, 11) is 0. The zero-order valence-electron chi connectivity index (χ0n) is 14.4. The van der Waals surface area contributed by atoms with Crippen molar-refractivity contribution in [1.29, 1.82) is 0 Å². The van der Waals surface area contributed by atoms with Gasteiger partial charge in [0.15, 0.2) is 0 Å². The van der Waals surface area contributed by atoms with Crippen molar-refractivity contribution < 1.29 is 14.3 Å². The first kappa shape index (κ1) is 17.7. The van der Waals surface area contributed by atoms with Crippen molar-refractivity contribution in [3.05, 3.63) is 42.4 Å². The quantitative estimate of drug-likeness (QED) is 0.695. The van der Waals surface area contributed by atoms with E-state index in [0.29, 0.717) is 18.3 Å². The molecule has 0 amide bonds. The molecule has 1 aliphatic rings. The Labute approximate surface area is 150 Å². The number of benzene rings is 1. The normalized spacial score (nSPS) is 14.7. The van der Waals surface area contributed by atoms with Gasteiger partial charge in [0.25, 0.3) is 6.47 Å². The summed E-state index contributed by atoms with van der Waals surface area (Å²) >= 11 is 0. The minimum atomic E-state index is -0.250. The Morgan fingerprint density at radius 3 is 2.58 bits per heavy atom. The molecule has 1 N–H and O–H groups in total. The number of aryl methyl sites for hydroxylation is 1. The van der Waals surface area contributed by atoms with Gasteiger partial charge in [-0.05, 0) is 12.1 Å². The maximum atomic E-state index is 8.36. The molecule has 4 rings (SSSR count). The van der Waals surface area contributed by atoms with Crippen molar-refractivity contribution in [2.45, 2.75) is 13.5 Å². The lowest BCUT2D eigenvalue weighted by Crippen LogP contribution is -2.46. The number of aromatic nitrogens is 4. The topological polar surface area (TPSA) is 108 Å². The highest BCUT2D eigenvalue weighted by Crippen LogP contribution is 2.23. The minimum Gasteiger partial charge on any atom is -0.483 e. The Morgan fingerprint density at radius 1 is 1.15 bits per heavy atom. The molecule has 3 aromatic rings. The smallest absolute Gasteiger partial charge is 0.290 e. The first-order valence-corrected chi connectivity index (χ1v) is 8.25. The molecule has 2 aromatic heterocycles. The molecule has 0 atom stereocenters. The van der Waals surface area contributed by atoms with Gasteiger partial charge in [0, 0.05) is 38.5 Å². The molecule has 0 aliphatic carbocycles. The van der Waals surface area contributed by atoms with E-state index >= 15 is 0 Å². The number of fused-ring (bicyclic) bond motifs is 1. The number of piperazine rings is 1. The second-order valence-corrected chi connectivity index (χ2v) is 5.80. The van der Waals surface area contributed by atoms with Gasteiger partial charge in [0.05, 0.1) is 12.1 Å². The molecule has 1 fully saturated rings. The van der Waals surface area contributed by atoms with Crippen LogP contribution >= 0.6 is 0 Å². The number of hydrogen-bond donors (Lipinski definition) is 1. The number of para-hydroxylation sites is 1. The van der Waals surface area contributed by atoms with E-state index in [4.69, 9.17) is 14.3 Å². The average molecular weight is 356 g/mol. The van der Waals surface area contributed by atoms with Crippen LogP contribution in [0.4, 0.5) is 5.82 Å². The molecule has 136 valence electrons. The summed E-state index contributed by atoms with van der Waals surface area (Å²) < 4.78 is 5.46. The number of rotatable bonds is 3. The molecule has 9 heteroatoms. The van der Waals surface area contributed by atoms with E-state index in [1.165, 1.54) is 0 Å². The largest absolute Gasteiger partial charge is 0.483 e. The van der Waals surface area contributed by atoms with Crippen LogP contribution in [-0.4, -0.2) is 62.8 Å². The van der Waals surface area contributed by atoms with Crippen LogP contribution in [0.25, 0.3) is 10.9 Å². The first-order chi connectivity index (χ1) is 12.7. The standard InChI is InChI=1S/C16H18N6O.CH2O2/c1-12-19-20-15(23-12)10-21-6-8-22(9-7-21)16-13-4-2-3-5-14(13)17-11-18-16;2-1-3/h2-5,11H,6-10H2,1H3;1H,(H,2,3). The SMILES string of the molecule is Cc1nnc(CN2CCN(c3ncnc4ccccc34)CC2)o1.O=CO. The molecule has 1 aromatic carbocycles. The summed E-state index contributed by atoms with van der Waals surface area (Å²) in [6, 6.07) is 8.14. The fourth-order valence-electron chi connectivity index (χ4n) is 2.95. The summed E-state index contributed by atoms with van der Waals surface area (Å²) in [5, 5.41) is 15.9. The lowest BCUT2D eigenvalue weighted by molar-refractivity contribution is -0.122. The van der Waals surface area contributed by atoms with Gasteiger partial charge in [0.1, 0.15) is 12.1 Å². The number of carboxylic acid groups (broad SMARTS) is 1. The third-order valence-electron chi connectivity index (χ3n) is 4.12. The van der Waals surface area contributed by atoms with E-state index in [9.17, 15) is 0 Å². The van der Waals surface area contributed by atoms with E-state index in [-0.39, 0.29) is 6.47 Å². The van der Waals surface area contributed by atoms with Gasteiger partial charge in [-0.25, -0.2) is 9.97 Å². The predicted molar refractivity (Wildman–Crippen MR) is 94.8 cm³/mol. The highest BCUT2D eigenvalue weighted by atomic mass is 16.4. The van der Waals surface area contributed by atoms with Gasteiger partial charge < -0.3 is 14.4 Å². The van der Waals surface area contributed by atoms with E-state index in [2.05, 4.69) is 36.0 Å². The third-order valence-corrected chi connectivity index (χ3v) is 4.12. The predicted octanol–water partition coefficient (Wildman–Crippen LogP) is 1.34. The van der Waals surface area contributed by atoms with Crippen LogP contribution in [-0.2, 0) is 11.3 Å². The summed E-state index contributed by atoms with van der Waals surface area (Å²) in [5.41, 5.74) is 0.987. The second-order valence-electron chi connectivity index (χ2n) is 5.80. The zero-order valence-corrected chi connectivity index (χ0v) is 14.4. The summed E-state index contributed by atoms with van der Waals surface area (Å²) in [4.78, 5) is 21.8. The molecule has 1 saturated heterocycles. The van der Waals surface area contributed by atoms with Crippen LogP contribution in [0.15, 0.2) is 35.0 Å². The lowest BCUT2D eigenvalue weighted by Gasteiger charge is -2.35. The fourth-order valence-corrected chi connectivity index (χ4v) is 2.95. The summed E-state index contributed by atoms with van der Waals surface area (Å²) in [6.45, 7) is 6.01. The molecule has 0 spiro atoms. The van der Waals surface area contributed by atoms with Crippen molar-refractivity contribution in [3.8, 4) is 0 Å². The van der Waals surface area contributed by atoms with Crippen LogP contribution in [0, 0.1) is 6.92 Å². The lowest BCUT2D eigenvalue weighted by atomic mass is 10.2. The Kier molecular flexibility index (Phi) is 5.69. The number of anilines is 1. The highest BCUT2D eigenvalue weighted by Gasteiger charge is 2.21. The van der Waals surface area contributed by atoms with Gasteiger partial charge >= 0.3 is 0 Å². The first-order valence-electron chi connectivity index (χ1n) is 8.25. The van der Waals surface area contributed by atoms with E-state index in [1.54, 1.807) is 6.33 Å². The maximum Gasteiger partial charge on any atom is 0.290 e. The highest BCUT2D eigenvalue weighted by molar-refractivity contribution is 5.89. The van der Waals surface area contributed by atoms with Crippen molar-refractivity contribution in [1.82, 2.24) is 25.1 Å². The zero-order chi connectivity index (χ0) is 18.4. The fraction of sp³-hybridized carbons (Fsp3) is 0.353. The molecule has 9 nitrogen and oxygen atoms in total. The molecule has 3 heterocycles. The molecule has 26 heavy (non-hydrogen) atoms. The monoisotopic (exact) mass is 356 g/mol. The van der Waals surface area contributed by atoms with E-state index in [0.717, 1.165) is 42.9 Å². The average Bonchev–Trinajstić information content (AvgIpc) is 3.07. The van der Waals surface area contributed by atoms with Gasteiger partial charge in [-0.1, -0.05) is 12.1 Å². The third kappa shape index (κ3) is 4.12. The Balaban J connectivity index is 0.000000613. The van der Waals surface area contributed by atoms with E-state index in [1.807, 2.05) is 25.1 Å². The molecule has 1 aliphatic heterocycles. The van der Waals surface area contributed by atoms with Gasteiger partial charge in [-0.3, -0.25) is 9.69 Å². The number of hydrogen-bond acceptors (Lipinski definition) is 8. The molecular formula is C17H20N6O3. The minimum absolute atomic E-state index is 0.250. The van der Waals surface area contributed by atoms with Crippen LogP contribution in [0.5, 0.6) is 0 Å². The number of carbonyl (C=O) groups is 1. The maximum absolute atomic E-state index is 8.36. The van der Waals surface area contributed by atoms with Crippen molar-refractivity contribution >= 4 is 23.2 Å². The van der Waals surface area contributed by atoms with Crippen LogP contribution in [0.1, 0.15) is 11.8 Å². The summed E-state index contributed by atoms with van der Waals surface area (Å²) in [5.74, 6) is 2.32. The second kappa shape index (κ2) is 8.34. The van der Waals surface area contributed by atoms with E-state index < -0.39 is 0 Å². The van der Waals surface area contributed by atoms with Gasteiger partial charge in [-0.15, -0.1) is 10.2 Å². The van der Waals surface area contributed by atoms with Crippen LogP contribution < -0.4 is 4.90 Å². The number of nitrogens with zero attached hydrogens (tertiary/aromatic N) is 6. The Bertz CT molecular complexity index is 855. The van der Waals surface area contributed by atoms with Crippen molar-refractivity contribution in [2.75, 3.05) is 31.1 Å². The summed E-state index contributed by atoms with van der Waals surface area (Å²) in [6.07, 6.45) is 1.64. The molecule has 0 radical (unpaired) electrons. The van der Waals surface area contributed by atoms with Crippen LogP contribution in [0.3, 0.4) is 0 Å². The molecule has 0 unspecified atom stereocenters. The van der Waals surface area contributed by atoms with Gasteiger partial charge in [0.2, 0.25) is 11.8 Å². The molecular weight excluding hydrogens is 336 g/mol. The van der Waals surface area contributed by atoms with Crippen molar-refractivity contribution in [2.24, 2.45) is 0 Å². The Hall–Kier alpha value is -3.07. The van der Waals surface area contributed by atoms with Crippen LogP contribution in [0.2, 0.25) is 0 Å². The van der Waals surface area contributed by atoms with Crippen molar-refractivity contribution in [3.63, 3.8) is 0 Å².